The lowest BCUT2D eigenvalue weighted by Crippen LogP contribution is -2.33. The van der Waals surface area contributed by atoms with E-state index in [1.54, 1.807) is 44.4 Å². The van der Waals surface area contributed by atoms with Crippen LogP contribution in [0.3, 0.4) is 0 Å². The van der Waals surface area contributed by atoms with Gasteiger partial charge in [-0.2, -0.15) is 0 Å². The van der Waals surface area contributed by atoms with Gasteiger partial charge in [-0.3, -0.25) is 4.79 Å². The van der Waals surface area contributed by atoms with Gasteiger partial charge in [0.2, 0.25) is 0 Å². The van der Waals surface area contributed by atoms with Crippen molar-refractivity contribution < 1.29 is 9.50 Å². The maximum Gasteiger partial charge on any atom is 0.264 e. The highest BCUT2D eigenvalue weighted by Gasteiger charge is 2.22. The van der Waals surface area contributed by atoms with Crippen molar-refractivity contribution in [1.82, 2.24) is 4.57 Å². The van der Waals surface area contributed by atoms with Crippen LogP contribution in [0.25, 0.3) is 10.9 Å². The average Bonchev–Trinajstić information content (AvgIpc) is 2.59. The molecule has 0 fully saturated rings. The van der Waals surface area contributed by atoms with E-state index in [1.165, 1.54) is 21.6 Å². The van der Waals surface area contributed by atoms with Crippen molar-refractivity contribution in [2.45, 2.75) is 0 Å². The van der Waals surface area contributed by atoms with Crippen molar-refractivity contribution in [1.29, 1.82) is 0 Å². The molecule has 0 radical (unpaired) electrons. The van der Waals surface area contributed by atoms with Crippen LogP contribution in [-0.4, -0.2) is 21.7 Å². The topological polar surface area (TPSA) is 45.5 Å². The van der Waals surface area contributed by atoms with E-state index < -0.39 is 11.4 Å². The molecule has 3 rings (SSSR count). The monoisotopic (exact) mass is 376 g/mol. The number of hydrogen-bond donors (Lipinski definition) is 1. The zero-order valence-corrected chi connectivity index (χ0v) is 15.0. The van der Waals surface area contributed by atoms with Gasteiger partial charge in [0, 0.05) is 30.2 Å². The molecule has 0 saturated carbocycles. The summed E-state index contributed by atoms with van der Waals surface area (Å²) in [5.74, 6) is -0.663. The summed E-state index contributed by atoms with van der Waals surface area (Å²) in [6.07, 6.45) is 0. The Bertz CT molecular complexity index is 1060. The molecule has 1 N–H and O–H groups in total. The van der Waals surface area contributed by atoms with Crippen LogP contribution in [-0.2, 0) is 7.05 Å². The van der Waals surface area contributed by atoms with Crippen LogP contribution in [0.2, 0.25) is 5.02 Å². The summed E-state index contributed by atoms with van der Waals surface area (Å²) in [6.45, 7) is 0. The molecular weight excluding hydrogens is 363 g/mol. The van der Waals surface area contributed by atoms with E-state index >= 15 is 0 Å². The highest BCUT2D eigenvalue weighted by Crippen LogP contribution is 2.30. The predicted molar refractivity (Wildman–Crippen MR) is 102 cm³/mol. The number of halogens is 2. The Morgan fingerprint density at radius 3 is 2.68 bits per heavy atom. The number of aryl methyl sites for hydroxylation is 1. The van der Waals surface area contributed by atoms with Gasteiger partial charge in [-0.1, -0.05) is 29.9 Å². The first-order valence-corrected chi connectivity index (χ1v) is 8.14. The lowest BCUT2D eigenvalue weighted by Gasteiger charge is -2.22. The fourth-order valence-electron chi connectivity index (χ4n) is 2.67. The number of nitrogens with zero attached hydrogens (tertiary/aromatic N) is 2. The van der Waals surface area contributed by atoms with Gasteiger partial charge >= 0.3 is 0 Å². The Kier molecular flexibility index (Phi) is 4.49. The first-order chi connectivity index (χ1) is 11.8. The molecule has 0 aliphatic rings. The number of aromatic nitrogens is 1. The fourth-order valence-corrected chi connectivity index (χ4v) is 3.13. The first-order valence-electron chi connectivity index (χ1n) is 7.36. The molecule has 0 unspecified atom stereocenters. The molecule has 128 valence electrons. The smallest absolute Gasteiger partial charge is 0.264 e. The van der Waals surface area contributed by atoms with Gasteiger partial charge in [-0.25, -0.2) is 4.39 Å². The maximum absolute atomic E-state index is 13.5. The standard InChI is InChI=1S/C18H14ClFN2O2S/c1-21(12-5-3-4-11(20)9-12)18(25)15-16(23)13-8-10(19)6-7-14(13)22(2)17(15)24/h3-9,23H,1-2H3. The lowest BCUT2D eigenvalue weighted by molar-refractivity contribution is 0.478. The minimum Gasteiger partial charge on any atom is -0.506 e. The van der Waals surface area contributed by atoms with E-state index in [2.05, 4.69) is 0 Å². The second-order valence-corrected chi connectivity index (χ2v) is 6.42. The van der Waals surface area contributed by atoms with Crippen LogP contribution >= 0.6 is 23.8 Å². The zero-order valence-electron chi connectivity index (χ0n) is 13.5. The number of fused-ring (bicyclic) bond motifs is 1. The van der Waals surface area contributed by atoms with Gasteiger partial charge in [0.15, 0.2) is 0 Å². The molecule has 2 aromatic carbocycles. The van der Waals surface area contributed by atoms with Crippen molar-refractivity contribution in [2.24, 2.45) is 7.05 Å². The van der Waals surface area contributed by atoms with Crippen LogP contribution in [0.4, 0.5) is 10.1 Å². The molecule has 1 heterocycles. The van der Waals surface area contributed by atoms with Gasteiger partial charge < -0.3 is 14.6 Å². The number of aromatic hydroxyl groups is 1. The van der Waals surface area contributed by atoms with E-state index in [9.17, 15) is 14.3 Å². The fraction of sp³-hybridized carbons (Fsp3) is 0.111. The van der Waals surface area contributed by atoms with E-state index in [4.69, 9.17) is 23.8 Å². The summed E-state index contributed by atoms with van der Waals surface area (Å²) in [6, 6.07) is 10.7. The van der Waals surface area contributed by atoms with Gasteiger partial charge in [0.25, 0.3) is 5.56 Å². The second kappa shape index (κ2) is 6.46. The van der Waals surface area contributed by atoms with Crippen LogP contribution in [0.1, 0.15) is 5.56 Å². The summed E-state index contributed by atoms with van der Waals surface area (Å²) in [5.41, 5.74) is 0.532. The van der Waals surface area contributed by atoms with Gasteiger partial charge in [0.05, 0.1) is 5.52 Å². The van der Waals surface area contributed by atoms with E-state index in [-0.39, 0.29) is 16.3 Å². The van der Waals surface area contributed by atoms with E-state index in [1.807, 2.05) is 0 Å². The molecular formula is C18H14ClFN2O2S. The minimum absolute atomic E-state index is 0.0287. The van der Waals surface area contributed by atoms with Crippen LogP contribution in [0, 0.1) is 5.82 Å². The van der Waals surface area contributed by atoms with Crippen LogP contribution in [0.5, 0.6) is 5.75 Å². The summed E-state index contributed by atoms with van der Waals surface area (Å²) < 4.78 is 14.9. The largest absolute Gasteiger partial charge is 0.506 e. The van der Waals surface area contributed by atoms with Crippen molar-refractivity contribution in [3.05, 3.63) is 69.2 Å². The number of thiocarbonyl (C=S) groups is 1. The molecule has 1 aromatic heterocycles. The van der Waals surface area contributed by atoms with Crippen molar-refractivity contribution in [3.8, 4) is 5.75 Å². The van der Waals surface area contributed by atoms with E-state index in [0.717, 1.165) is 0 Å². The Morgan fingerprint density at radius 2 is 2.00 bits per heavy atom. The molecule has 3 aromatic rings. The van der Waals surface area contributed by atoms with E-state index in [0.29, 0.717) is 21.6 Å². The molecule has 0 aliphatic carbocycles. The van der Waals surface area contributed by atoms with Crippen molar-refractivity contribution in [2.75, 3.05) is 11.9 Å². The maximum atomic E-state index is 13.5. The second-order valence-electron chi connectivity index (χ2n) is 5.59. The summed E-state index contributed by atoms with van der Waals surface area (Å²) in [4.78, 5) is 14.3. The number of anilines is 1. The molecule has 0 amide bonds. The number of benzene rings is 2. The Labute approximate surface area is 153 Å². The summed E-state index contributed by atoms with van der Waals surface area (Å²) in [7, 11) is 3.20. The van der Waals surface area contributed by atoms with Crippen LogP contribution < -0.4 is 10.5 Å². The molecule has 4 nitrogen and oxygen atoms in total. The van der Waals surface area contributed by atoms with Crippen molar-refractivity contribution >= 4 is 45.4 Å². The Balaban J connectivity index is 2.21. The summed E-state index contributed by atoms with van der Waals surface area (Å²) >= 11 is 11.4. The molecule has 25 heavy (non-hydrogen) atoms. The third-order valence-corrected chi connectivity index (χ3v) is 4.76. The van der Waals surface area contributed by atoms with Gasteiger partial charge in [0.1, 0.15) is 22.1 Å². The number of pyridine rings is 1. The van der Waals surface area contributed by atoms with Crippen LogP contribution in [0.15, 0.2) is 47.3 Å². The summed E-state index contributed by atoms with van der Waals surface area (Å²) in [5, 5.41) is 11.5. The Hall–Kier alpha value is -2.44. The molecule has 0 saturated heterocycles. The Morgan fingerprint density at radius 1 is 1.28 bits per heavy atom. The minimum atomic E-state index is -0.444. The highest BCUT2D eigenvalue weighted by molar-refractivity contribution is 7.81. The van der Waals surface area contributed by atoms with Crippen molar-refractivity contribution in [3.63, 3.8) is 0 Å². The molecule has 0 spiro atoms. The lowest BCUT2D eigenvalue weighted by atomic mass is 10.1. The zero-order chi connectivity index (χ0) is 18.3. The third kappa shape index (κ3) is 2.99. The first kappa shape index (κ1) is 17.4. The number of hydrogen-bond acceptors (Lipinski definition) is 3. The molecule has 0 bridgehead atoms. The normalized spacial score (nSPS) is 10.9. The van der Waals surface area contributed by atoms with Gasteiger partial charge in [-0.05, 0) is 36.4 Å². The third-order valence-electron chi connectivity index (χ3n) is 4.04. The quantitative estimate of drug-likeness (QED) is 0.690. The number of rotatable bonds is 2. The molecule has 0 atom stereocenters. The molecule has 7 heteroatoms. The highest BCUT2D eigenvalue weighted by atomic mass is 35.5. The SMILES string of the molecule is CN(C(=S)c1c(O)c2cc(Cl)ccc2n(C)c1=O)c1cccc(F)c1. The predicted octanol–water partition coefficient (Wildman–Crippen LogP) is 3.85. The average molecular weight is 377 g/mol. The van der Waals surface area contributed by atoms with Gasteiger partial charge in [-0.15, -0.1) is 0 Å². The molecule has 0 aliphatic heterocycles.